The van der Waals surface area contributed by atoms with Crippen LogP contribution in [-0.4, -0.2) is 35.3 Å². The van der Waals surface area contributed by atoms with Crippen molar-refractivity contribution in [3.63, 3.8) is 0 Å². The molecule has 4 amide bonds. The Bertz CT molecular complexity index is 841. The fraction of sp³-hybridized carbons (Fsp3) is 0.250. The molecule has 2 aromatic rings. The lowest BCUT2D eigenvalue weighted by Crippen LogP contribution is -2.33. The van der Waals surface area contributed by atoms with E-state index in [0.717, 1.165) is 5.56 Å². The molecule has 0 unspecified atom stereocenters. The average Bonchev–Trinajstić information content (AvgIpc) is 2.94. The summed E-state index contributed by atoms with van der Waals surface area (Å²) in [5.41, 5.74) is 1.12. The molecule has 1 saturated heterocycles. The highest BCUT2D eigenvalue weighted by Crippen LogP contribution is 2.15. The van der Waals surface area contributed by atoms with Gasteiger partial charge in [0.1, 0.15) is 11.9 Å². The van der Waals surface area contributed by atoms with E-state index in [9.17, 15) is 18.8 Å². The minimum Gasteiger partial charge on any atom is -0.326 e. The summed E-state index contributed by atoms with van der Waals surface area (Å²) < 4.78 is 13.5. The zero-order chi connectivity index (χ0) is 19.2. The van der Waals surface area contributed by atoms with Crippen LogP contribution in [-0.2, 0) is 16.0 Å². The SMILES string of the molecule is O=C(CC[C@@H]1NC(=O)N(CCc2ccccc2)C1=O)Nc1ccccc1F. The van der Waals surface area contributed by atoms with Crippen molar-refractivity contribution in [2.24, 2.45) is 0 Å². The van der Waals surface area contributed by atoms with Crippen molar-refractivity contribution < 1.29 is 18.8 Å². The number of hydrogen-bond acceptors (Lipinski definition) is 3. The fourth-order valence-corrected chi connectivity index (χ4v) is 2.92. The summed E-state index contributed by atoms with van der Waals surface area (Å²) in [5, 5.41) is 5.07. The minimum absolute atomic E-state index is 0.00243. The van der Waals surface area contributed by atoms with Crippen molar-refractivity contribution in [1.29, 1.82) is 0 Å². The summed E-state index contributed by atoms with van der Waals surface area (Å²) in [6.45, 7) is 0.284. The predicted octanol–water partition coefficient (Wildman–Crippen LogP) is 2.71. The van der Waals surface area contributed by atoms with Crippen molar-refractivity contribution in [2.45, 2.75) is 25.3 Å². The van der Waals surface area contributed by atoms with Crippen LogP contribution in [0.3, 0.4) is 0 Å². The molecule has 0 spiro atoms. The Morgan fingerprint density at radius 2 is 1.78 bits per heavy atom. The summed E-state index contributed by atoms with van der Waals surface area (Å²) in [6.07, 6.45) is 0.727. The molecule has 2 N–H and O–H groups in total. The first kappa shape index (κ1) is 18.6. The summed E-state index contributed by atoms with van der Waals surface area (Å²) >= 11 is 0. The third-order valence-corrected chi connectivity index (χ3v) is 4.38. The molecule has 1 atom stereocenters. The number of anilines is 1. The number of urea groups is 1. The van der Waals surface area contributed by atoms with Gasteiger partial charge in [-0.1, -0.05) is 42.5 Å². The van der Waals surface area contributed by atoms with Gasteiger partial charge in [-0.15, -0.1) is 0 Å². The molecule has 1 aliphatic rings. The number of amides is 4. The van der Waals surface area contributed by atoms with Crippen LogP contribution in [0.25, 0.3) is 0 Å². The van der Waals surface area contributed by atoms with Gasteiger partial charge >= 0.3 is 6.03 Å². The topological polar surface area (TPSA) is 78.5 Å². The number of hydrogen-bond donors (Lipinski definition) is 2. The van der Waals surface area contributed by atoms with Crippen LogP contribution in [0.2, 0.25) is 0 Å². The van der Waals surface area contributed by atoms with Gasteiger partial charge in [-0.25, -0.2) is 9.18 Å². The van der Waals surface area contributed by atoms with Crippen LogP contribution in [0.4, 0.5) is 14.9 Å². The summed E-state index contributed by atoms with van der Waals surface area (Å²) in [7, 11) is 0. The van der Waals surface area contributed by atoms with Crippen LogP contribution < -0.4 is 10.6 Å². The van der Waals surface area contributed by atoms with Crippen molar-refractivity contribution in [1.82, 2.24) is 10.2 Å². The number of carbonyl (C=O) groups excluding carboxylic acids is 3. The number of nitrogens with zero attached hydrogens (tertiary/aromatic N) is 1. The molecule has 27 heavy (non-hydrogen) atoms. The van der Waals surface area contributed by atoms with Crippen LogP contribution >= 0.6 is 0 Å². The molecule has 1 heterocycles. The number of rotatable bonds is 7. The number of halogens is 1. The normalized spacial score (nSPS) is 16.3. The summed E-state index contributed by atoms with van der Waals surface area (Å²) in [6, 6.07) is 14.2. The maximum absolute atomic E-state index is 13.5. The van der Waals surface area contributed by atoms with E-state index in [0.29, 0.717) is 6.42 Å². The summed E-state index contributed by atoms with van der Waals surface area (Å²) in [5.74, 6) is -1.28. The molecule has 0 saturated carbocycles. The third kappa shape index (κ3) is 4.69. The number of benzene rings is 2. The molecule has 140 valence electrons. The maximum atomic E-state index is 13.5. The zero-order valence-electron chi connectivity index (χ0n) is 14.7. The van der Waals surface area contributed by atoms with E-state index in [4.69, 9.17) is 0 Å². The monoisotopic (exact) mass is 369 g/mol. The molecule has 0 bridgehead atoms. The minimum atomic E-state index is -0.736. The third-order valence-electron chi connectivity index (χ3n) is 4.38. The predicted molar refractivity (Wildman–Crippen MR) is 98.4 cm³/mol. The lowest BCUT2D eigenvalue weighted by Gasteiger charge is -2.13. The Kier molecular flexibility index (Phi) is 5.80. The Morgan fingerprint density at radius 1 is 1.07 bits per heavy atom. The lowest BCUT2D eigenvalue weighted by atomic mass is 10.1. The number of carbonyl (C=O) groups is 3. The quantitative estimate of drug-likeness (QED) is 0.737. The first-order valence-corrected chi connectivity index (χ1v) is 8.75. The molecule has 6 nitrogen and oxygen atoms in total. The molecule has 2 aromatic carbocycles. The van der Waals surface area contributed by atoms with Gasteiger partial charge in [-0.3, -0.25) is 14.5 Å². The lowest BCUT2D eigenvalue weighted by molar-refractivity contribution is -0.127. The van der Waals surface area contributed by atoms with Crippen LogP contribution in [0.1, 0.15) is 18.4 Å². The molecule has 0 radical (unpaired) electrons. The largest absolute Gasteiger partial charge is 0.326 e. The fourth-order valence-electron chi connectivity index (χ4n) is 2.92. The molecule has 3 rings (SSSR count). The highest BCUT2D eigenvalue weighted by molar-refractivity contribution is 6.04. The van der Waals surface area contributed by atoms with E-state index in [1.165, 1.54) is 23.1 Å². The van der Waals surface area contributed by atoms with E-state index in [1.54, 1.807) is 6.07 Å². The average molecular weight is 369 g/mol. The number of imide groups is 1. The Hall–Kier alpha value is -3.22. The Balaban J connectivity index is 1.49. The van der Waals surface area contributed by atoms with Gasteiger partial charge in [-0.05, 0) is 30.5 Å². The second-order valence-electron chi connectivity index (χ2n) is 6.29. The van der Waals surface area contributed by atoms with Crippen LogP contribution in [0.15, 0.2) is 54.6 Å². The molecule has 0 aliphatic carbocycles. The van der Waals surface area contributed by atoms with Gasteiger partial charge in [0.05, 0.1) is 5.69 Å². The van der Waals surface area contributed by atoms with Crippen molar-refractivity contribution in [2.75, 3.05) is 11.9 Å². The highest BCUT2D eigenvalue weighted by atomic mass is 19.1. The van der Waals surface area contributed by atoms with Gasteiger partial charge in [0.15, 0.2) is 0 Å². The van der Waals surface area contributed by atoms with E-state index < -0.39 is 23.8 Å². The van der Waals surface area contributed by atoms with E-state index in [1.807, 2.05) is 30.3 Å². The maximum Gasteiger partial charge on any atom is 0.324 e. The zero-order valence-corrected chi connectivity index (χ0v) is 14.7. The molecule has 7 heteroatoms. The van der Waals surface area contributed by atoms with Crippen molar-refractivity contribution in [3.8, 4) is 0 Å². The van der Waals surface area contributed by atoms with E-state index in [2.05, 4.69) is 10.6 Å². The van der Waals surface area contributed by atoms with Crippen LogP contribution in [0, 0.1) is 5.82 Å². The number of para-hydroxylation sites is 1. The van der Waals surface area contributed by atoms with Gasteiger partial charge in [-0.2, -0.15) is 0 Å². The van der Waals surface area contributed by atoms with Gasteiger partial charge < -0.3 is 10.6 Å². The Labute approximate surface area is 156 Å². The first-order chi connectivity index (χ1) is 13.0. The molecular formula is C20H20FN3O3. The van der Waals surface area contributed by atoms with E-state index in [-0.39, 0.29) is 31.0 Å². The first-order valence-electron chi connectivity index (χ1n) is 8.75. The summed E-state index contributed by atoms with van der Waals surface area (Å²) in [4.78, 5) is 37.6. The highest BCUT2D eigenvalue weighted by Gasteiger charge is 2.37. The smallest absolute Gasteiger partial charge is 0.324 e. The molecular weight excluding hydrogens is 349 g/mol. The molecule has 0 aromatic heterocycles. The second kappa shape index (κ2) is 8.44. The van der Waals surface area contributed by atoms with Gasteiger partial charge in [0, 0.05) is 13.0 Å². The van der Waals surface area contributed by atoms with E-state index >= 15 is 0 Å². The standard InChI is InChI=1S/C20H20FN3O3/c21-15-8-4-5-9-16(15)22-18(25)11-10-17-19(26)24(20(27)23-17)13-12-14-6-2-1-3-7-14/h1-9,17H,10-13H2,(H,22,25)(H,23,27)/t17-/m0/s1. The van der Waals surface area contributed by atoms with Crippen molar-refractivity contribution >= 4 is 23.5 Å². The Morgan fingerprint density at radius 3 is 2.52 bits per heavy atom. The molecule has 1 fully saturated rings. The second-order valence-corrected chi connectivity index (χ2v) is 6.29. The van der Waals surface area contributed by atoms with Crippen molar-refractivity contribution in [3.05, 3.63) is 66.0 Å². The number of nitrogens with one attached hydrogen (secondary N) is 2. The molecule has 1 aliphatic heterocycles. The van der Waals surface area contributed by atoms with Gasteiger partial charge in [0.25, 0.3) is 5.91 Å². The van der Waals surface area contributed by atoms with Crippen LogP contribution in [0.5, 0.6) is 0 Å². The van der Waals surface area contributed by atoms with Gasteiger partial charge in [0.2, 0.25) is 5.91 Å².